The number of fused-ring (bicyclic) bond motifs is 1. The van der Waals surface area contributed by atoms with Crippen LogP contribution in [0.15, 0.2) is 18.2 Å². The van der Waals surface area contributed by atoms with Gasteiger partial charge in [-0.15, -0.1) is 12.4 Å². The van der Waals surface area contributed by atoms with Crippen molar-refractivity contribution < 1.29 is 9.53 Å². The van der Waals surface area contributed by atoms with Crippen molar-refractivity contribution in [3.63, 3.8) is 0 Å². The monoisotopic (exact) mass is 296 g/mol. The highest BCUT2D eigenvalue weighted by Crippen LogP contribution is 2.33. The summed E-state index contributed by atoms with van der Waals surface area (Å²) in [7, 11) is 0. The van der Waals surface area contributed by atoms with Crippen LogP contribution in [0, 0.1) is 5.92 Å². The highest BCUT2D eigenvalue weighted by atomic mass is 35.5. The molecule has 2 aliphatic rings. The van der Waals surface area contributed by atoms with Crippen molar-refractivity contribution in [2.75, 3.05) is 30.4 Å². The van der Waals surface area contributed by atoms with Gasteiger partial charge in [0.1, 0.15) is 0 Å². The maximum absolute atomic E-state index is 12.6. The first kappa shape index (κ1) is 15.1. The number of amides is 1. The number of halogens is 1. The summed E-state index contributed by atoms with van der Waals surface area (Å²) in [5, 5.41) is 0. The van der Waals surface area contributed by atoms with Gasteiger partial charge in [0.25, 0.3) is 0 Å². The highest BCUT2D eigenvalue weighted by Gasteiger charge is 2.30. The van der Waals surface area contributed by atoms with E-state index in [4.69, 9.17) is 10.5 Å². The fraction of sp³-hybridized carbons (Fsp3) is 0.533. The fourth-order valence-electron chi connectivity index (χ4n) is 3.04. The van der Waals surface area contributed by atoms with Gasteiger partial charge in [0, 0.05) is 24.5 Å². The molecule has 1 unspecified atom stereocenters. The largest absolute Gasteiger partial charge is 0.398 e. The molecule has 0 radical (unpaired) electrons. The molecule has 2 aliphatic heterocycles. The van der Waals surface area contributed by atoms with Crippen LogP contribution in [-0.2, 0) is 16.0 Å². The number of anilines is 2. The van der Waals surface area contributed by atoms with Gasteiger partial charge in [-0.25, -0.2) is 0 Å². The van der Waals surface area contributed by atoms with E-state index in [0.29, 0.717) is 6.61 Å². The molecule has 0 aromatic heterocycles. The quantitative estimate of drug-likeness (QED) is 0.810. The summed E-state index contributed by atoms with van der Waals surface area (Å²) < 4.78 is 5.43. The number of carbonyl (C=O) groups is 1. The highest BCUT2D eigenvalue weighted by molar-refractivity contribution is 5.97. The van der Waals surface area contributed by atoms with Crippen molar-refractivity contribution in [2.24, 2.45) is 5.92 Å². The zero-order chi connectivity index (χ0) is 13.2. The SMILES string of the molecule is Cl.Nc1cccc2c1CCCN2C(=O)C1CCCOC1. The van der Waals surface area contributed by atoms with Crippen molar-refractivity contribution in [3.8, 4) is 0 Å². The number of carbonyl (C=O) groups excluding carboxylic acids is 1. The van der Waals surface area contributed by atoms with Crippen molar-refractivity contribution in [2.45, 2.75) is 25.7 Å². The maximum atomic E-state index is 12.6. The standard InChI is InChI=1S/C15H20N2O2.ClH/c16-13-6-1-7-14-12(13)5-2-8-17(14)15(18)11-4-3-9-19-10-11;/h1,6-7,11H,2-5,8-10,16H2;1H. The lowest BCUT2D eigenvalue weighted by Gasteiger charge is -2.34. The molecule has 2 heterocycles. The summed E-state index contributed by atoms with van der Waals surface area (Å²) in [5.41, 5.74) is 8.95. The first-order chi connectivity index (χ1) is 9.27. The van der Waals surface area contributed by atoms with E-state index < -0.39 is 0 Å². The Morgan fingerprint density at radius 2 is 2.20 bits per heavy atom. The Labute approximate surface area is 125 Å². The lowest BCUT2D eigenvalue weighted by atomic mass is 9.95. The van der Waals surface area contributed by atoms with Crippen LogP contribution in [0.25, 0.3) is 0 Å². The molecule has 1 aromatic rings. The van der Waals surface area contributed by atoms with E-state index in [1.54, 1.807) is 0 Å². The molecule has 110 valence electrons. The van der Waals surface area contributed by atoms with E-state index in [-0.39, 0.29) is 24.2 Å². The van der Waals surface area contributed by atoms with Gasteiger partial charge >= 0.3 is 0 Å². The number of nitrogens with two attached hydrogens (primary N) is 1. The molecule has 0 bridgehead atoms. The molecule has 3 rings (SSSR count). The second kappa shape index (κ2) is 6.46. The predicted molar refractivity (Wildman–Crippen MR) is 82.3 cm³/mol. The Hall–Kier alpha value is -1.26. The third-order valence-electron chi connectivity index (χ3n) is 4.06. The van der Waals surface area contributed by atoms with Crippen LogP contribution >= 0.6 is 12.4 Å². The normalized spacial score (nSPS) is 21.8. The summed E-state index contributed by atoms with van der Waals surface area (Å²) in [5.74, 6) is 0.215. The number of ether oxygens (including phenoxy) is 1. The van der Waals surface area contributed by atoms with Crippen LogP contribution in [0.4, 0.5) is 11.4 Å². The van der Waals surface area contributed by atoms with Crippen molar-refractivity contribution in [1.82, 2.24) is 0 Å². The van der Waals surface area contributed by atoms with Gasteiger partial charge in [-0.1, -0.05) is 6.07 Å². The Balaban J connectivity index is 0.00000147. The third-order valence-corrected chi connectivity index (χ3v) is 4.06. The van der Waals surface area contributed by atoms with E-state index in [1.165, 1.54) is 0 Å². The minimum Gasteiger partial charge on any atom is -0.398 e. The van der Waals surface area contributed by atoms with Crippen molar-refractivity contribution >= 4 is 29.7 Å². The Morgan fingerprint density at radius 3 is 2.95 bits per heavy atom. The average molecular weight is 297 g/mol. The molecular weight excluding hydrogens is 276 g/mol. The van der Waals surface area contributed by atoms with Gasteiger partial charge in [0.15, 0.2) is 0 Å². The van der Waals surface area contributed by atoms with Crippen LogP contribution in [0.2, 0.25) is 0 Å². The second-order valence-corrected chi connectivity index (χ2v) is 5.35. The summed E-state index contributed by atoms with van der Waals surface area (Å²) in [6, 6.07) is 5.85. The second-order valence-electron chi connectivity index (χ2n) is 5.35. The van der Waals surface area contributed by atoms with Crippen LogP contribution in [0.1, 0.15) is 24.8 Å². The van der Waals surface area contributed by atoms with Crippen LogP contribution in [-0.4, -0.2) is 25.7 Å². The minimum atomic E-state index is 0. The Morgan fingerprint density at radius 1 is 1.35 bits per heavy atom. The molecule has 1 amide bonds. The average Bonchev–Trinajstić information content (AvgIpc) is 2.47. The molecule has 2 N–H and O–H groups in total. The molecular formula is C15H21ClN2O2. The van der Waals surface area contributed by atoms with Crippen LogP contribution in [0.3, 0.4) is 0 Å². The lowest BCUT2D eigenvalue weighted by molar-refractivity contribution is -0.126. The summed E-state index contributed by atoms with van der Waals surface area (Å²) >= 11 is 0. The molecule has 0 spiro atoms. The summed E-state index contributed by atoms with van der Waals surface area (Å²) in [4.78, 5) is 14.5. The number of hydrogen-bond acceptors (Lipinski definition) is 3. The molecule has 0 saturated carbocycles. The zero-order valence-electron chi connectivity index (χ0n) is 11.5. The maximum Gasteiger partial charge on any atom is 0.232 e. The fourth-order valence-corrected chi connectivity index (χ4v) is 3.04. The van der Waals surface area contributed by atoms with Gasteiger partial charge < -0.3 is 15.4 Å². The molecule has 5 heteroatoms. The van der Waals surface area contributed by atoms with Gasteiger partial charge in [-0.2, -0.15) is 0 Å². The number of nitrogen functional groups attached to an aromatic ring is 1. The van der Waals surface area contributed by atoms with E-state index in [0.717, 1.165) is 55.8 Å². The third kappa shape index (κ3) is 2.76. The number of hydrogen-bond donors (Lipinski definition) is 1. The van der Waals surface area contributed by atoms with E-state index in [1.807, 2.05) is 23.1 Å². The predicted octanol–water partition coefficient (Wildman–Crippen LogP) is 2.40. The first-order valence-electron chi connectivity index (χ1n) is 7.04. The van der Waals surface area contributed by atoms with Crippen molar-refractivity contribution in [3.05, 3.63) is 23.8 Å². The molecule has 1 saturated heterocycles. The first-order valence-corrected chi connectivity index (χ1v) is 7.04. The van der Waals surface area contributed by atoms with Crippen LogP contribution < -0.4 is 10.6 Å². The van der Waals surface area contributed by atoms with Gasteiger partial charge in [-0.3, -0.25) is 4.79 Å². The molecule has 4 nitrogen and oxygen atoms in total. The lowest BCUT2D eigenvalue weighted by Crippen LogP contribution is -2.42. The van der Waals surface area contributed by atoms with Gasteiger partial charge in [0.05, 0.1) is 12.5 Å². The van der Waals surface area contributed by atoms with Crippen LogP contribution in [0.5, 0.6) is 0 Å². The number of rotatable bonds is 1. The van der Waals surface area contributed by atoms with Gasteiger partial charge in [0.2, 0.25) is 5.91 Å². The molecule has 1 aromatic carbocycles. The van der Waals surface area contributed by atoms with E-state index in [9.17, 15) is 4.79 Å². The Kier molecular flexibility index (Phi) is 4.89. The van der Waals surface area contributed by atoms with Gasteiger partial charge in [-0.05, 0) is 43.4 Å². The number of benzene rings is 1. The molecule has 1 atom stereocenters. The Bertz CT molecular complexity index is 487. The smallest absolute Gasteiger partial charge is 0.232 e. The molecule has 20 heavy (non-hydrogen) atoms. The summed E-state index contributed by atoms with van der Waals surface area (Å²) in [6.45, 7) is 2.14. The zero-order valence-corrected chi connectivity index (χ0v) is 12.3. The molecule has 1 fully saturated rings. The van der Waals surface area contributed by atoms with E-state index >= 15 is 0 Å². The summed E-state index contributed by atoms with van der Waals surface area (Å²) in [6.07, 6.45) is 3.87. The number of nitrogens with zero attached hydrogens (tertiary/aromatic N) is 1. The van der Waals surface area contributed by atoms with Crippen molar-refractivity contribution in [1.29, 1.82) is 0 Å². The van der Waals surface area contributed by atoms with E-state index in [2.05, 4.69) is 0 Å². The molecule has 0 aliphatic carbocycles. The topological polar surface area (TPSA) is 55.6 Å². The minimum absolute atomic E-state index is 0.